The highest BCUT2D eigenvalue weighted by Gasteiger charge is 2.29. The van der Waals surface area contributed by atoms with Gasteiger partial charge in [-0.25, -0.2) is 4.79 Å². The summed E-state index contributed by atoms with van der Waals surface area (Å²) < 4.78 is 39.0. The van der Waals surface area contributed by atoms with Gasteiger partial charge >= 0.3 is 11.9 Å². The number of benzene rings is 2. The van der Waals surface area contributed by atoms with Gasteiger partial charge in [-0.2, -0.15) is 13.2 Å². The number of hydrogen-bond acceptors (Lipinski definition) is 2. The van der Waals surface area contributed by atoms with Crippen LogP contribution in [0.25, 0.3) is 10.9 Å². The molecule has 0 saturated heterocycles. The van der Waals surface area contributed by atoms with E-state index in [1.807, 2.05) is 0 Å². The number of rotatable bonds is 2. The predicted molar refractivity (Wildman–Crippen MR) is 79.4 cm³/mol. The molecule has 0 amide bonds. The first-order chi connectivity index (χ1) is 10.9. The molecule has 0 spiro atoms. The third-order valence-corrected chi connectivity index (χ3v) is 3.53. The molecule has 0 bridgehead atoms. The lowest BCUT2D eigenvalue weighted by molar-refractivity contribution is -0.137. The summed E-state index contributed by atoms with van der Waals surface area (Å²) in [5, 5.41) is 0.346. The third-order valence-electron chi connectivity index (χ3n) is 3.53. The number of aromatic amines is 1. The molecule has 1 N–H and O–H groups in total. The number of aromatic nitrogens is 2. The van der Waals surface area contributed by atoms with Gasteiger partial charge in [0.05, 0.1) is 23.0 Å². The van der Waals surface area contributed by atoms with Crippen LogP contribution in [0, 0.1) is 0 Å². The Balaban J connectivity index is 2.06. The first-order valence-electron chi connectivity index (χ1n) is 6.74. The van der Waals surface area contributed by atoms with Gasteiger partial charge in [0.1, 0.15) is 0 Å². The van der Waals surface area contributed by atoms with Gasteiger partial charge in [0.2, 0.25) is 0 Å². The lowest BCUT2D eigenvalue weighted by Crippen LogP contribution is -2.30. The van der Waals surface area contributed by atoms with Crippen molar-refractivity contribution in [3.05, 3.63) is 80.5 Å². The Morgan fingerprint density at radius 2 is 1.61 bits per heavy atom. The number of para-hydroxylation sites is 1. The van der Waals surface area contributed by atoms with Gasteiger partial charge < -0.3 is 0 Å². The van der Waals surface area contributed by atoms with Gasteiger partial charge in [0.15, 0.2) is 0 Å². The highest BCUT2D eigenvalue weighted by Crippen LogP contribution is 2.29. The van der Waals surface area contributed by atoms with E-state index in [9.17, 15) is 22.8 Å². The van der Waals surface area contributed by atoms with Crippen LogP contribution in [-0.2, 0) is 12.7 Å². The summed E-state index contributed by atoms with van der Waals surface area (Å²) in [5.41, 5.74) is -0.888. The number of H-pyrrole nitrogens is 1. The van der Waals surface area contributed by atoms with Crippen molar-refractivity contribution in [2.24, 2.45) is 0 Å². The van der Waals surface area contributed by atoms with Crippen molar-refractivity contribution < 1.29 is 13.2 Å². The molecular weight excluding hydrogens is 309 g/mol. The molecule has 0 aliphatic heterocycles. The highest BCUT2D eigenvalue weighted by atomic mass is 19.4. The van der Waals surface area contributed by atoms with Crippen LogP contribution in [0.1, 0.15) is 11.1 Å². The van der Waals surface area contributed by atoms with Gasteiger partial charge in [-0.1, -0.05) is 24.3 Å². The van der Waals surface area contributed by atoms with E-state index < -0.39 is 23.0 Å². The van der Waals surface area contributed by atoms with Crippen LogP contribution in [0.5, 0.6) is 0 Å². The molecule has 7 heteroatoms. The fraction of sp³-hybridized carbons (Fsp3) is 0.125. The second-order valence-electron chi connectivity index (χ2n) is 5.06. The lowest BCUT2D eigenvalue weighted by atomic mass is 10.1. The molecule has 3 rings (SSSR count). The van der Waals surface area contributed by atoms with E-state index in [1.54, 1.807) is 24.3 Å². The van der Waals surface area contributed by atoms with Crippen LogP contribution in [0.3, 0.4) is 0 Å². The number of nitrogens with one attached hydrogen (secondary N) is 1. The first kappa shape index (κ1) is 15.1. The van der Waals surface area contributed by atoms with E-state index in [4.69, 9.17) is 0 Å². The van der Waals surface area contributed by atoms with E-state index in [1.165, 1.54) is 16.7 Å². The van der Waals surface area contributed by atoms with E-state index >= 15 is 0 Å². The molecule has 118 valence electrons. The SMILES string of the molecule is O=c1[nH]c(=O)n(Cc2ccc(C(F)(F)F)cc2)c2ccccc12. The Morgan fingerprint density at radius 3 is 2.26 bits per heavy atom. The molecule has 0 saturated carbocycles. The quantitative estimate of drug-likeness (QED) is 0.789. The van der Waals surface area contributed by atoms with Crippen molar-refractivity contribution in [2.45, 2.75) is 12.7 Å². The molecule has 3 aromatic rings. The Kier molecular flexibility index (Phi) is 3.55. The molecule has 0 atom stereocenters. The molecular formula is C16H11F3N2O2. The minimum atomic E-state index is -4.40. The third kappa shape index (κ3) is 2.90. The molecule has 1 heterocycles. The Morgan fingerprint density at radius 1 is 0.957 bits per heavy atom. The fourth-order valence-corrected chi connectivity index (χ4v) is 2.38. The largest absolute Gasteiger partial charge is 0.416 e. The zero-order chi connectivity index (χ0) is 16.6. The van der Waals surface area contributed by atoms with Crippen molar-refractivity contribution in [1.29, 1.82) is 0 Å². The Hall–Kier alpha value is -2.83. The van der Waals surface area contributed by atoms with E-state index in [2.05, 4.69) is 4.98 Å². The van der Waals surface area contributed by atoms with E-state index in [0.29, 0.717) is 16.5 Å². The maximum absolute atomic E-state index is 12.6. The van der Waals surface area contributed by atoms with Crippen molar-refractivity contribution >= 4 is 10.9 Å². The van der Waals surface area contributed by atoms with Crippen molar-refractivity contribution in [2.75, 3.05) is 0 Å². The minimum absolute atomic E-state index is 0.0638. The van der Waals surface area contributed by atoms with Crippen LogP contribution in [-0.4, -0.2) is 9.55 Å². The molecule has 1 aromatic heterocycles. The van der Waals surface area contributed by atoms with Crippen LogP contribution < -0.4 is 11.2 Å². The Labute approximate surface area is 127 Å². The van der Waals surface area contributed by atoms with Crippen LogP contribution in [0.4, 0.5) is 13.2 Å². The molecule has 4 nitrogen and oxygen atoms in total. The highest BCUT2D eigenvalue weighted by molar-refractivity contribution is 5.77. The summed E-state index contributed by atoms with van der Waals surface area (Å²) in [6.07, 6.45) is -4.40. The molecule has 2 aromatic carbocycles. The average molecular weight is 320 g/mol. The number of halogens is 3. The summed E-state index contributed by atoms with van der Waals surface area (Å²) >= 11 is 0. The Bertz CT molecular complexity index is 970. The molecule has 0 unspecified atom stereocenters. The summed E-state index contributed by atoms with van der Waals surface area (Å²) in [6, 6.07) is 11.1. The number of fused-ring (bicyclic) bond motifs is 1. The van der Waals surface area contributed by atoms with Crippen LogP contribution in [0.15, 0.2) is 58.1 Å². The molecule has 0 aliphatic rings. The van der Waals surface area contributed by atoms with Gasteiger partial charge in [-0.05, 0) is 29.8 Å². The predicted octanol–water partition coefficient (Wildman–Crippen LogP) is 2.76. The number of nitrogens with zero attached hydrogens (tertiary/aromatic N) is 1. The van der Waals surface area contributed by atoms with Crippen molar-refractivity contribution in [3.8, 4) is 0 Å². The second kappa shape index (κ2) is 5.42. The van der Waals surface area contributed by atoms with Gasteiger partial charge in [0, 0.05) is 0 Å². The number of alkyl halides is 3. The molecule has 0 radical (unpaired) electrons. The van der Waals surface area contributed by atoms with Gasteiger partial charge in [-0.3, -0.25) is 14.3 Å². The molecule has 0 fully saturated rings. The van der Waals surface area contributed by atoms with E-state index in [-0.39, 0.29) is 6.54 Å². The maximum atomic E-state index is 12.6. The van der Waals surface area contributed by atoms with E-state index in [0.717, 1.165) is 12.1 Å². The summed E-state index contributed by atoms with van der Waals surface area (Å²) in [5.74, 6) is 0. The van der Waals surface area contributed by atoms with Crippen molar-refractivity contribution in [3.63, 3.8) is 0 Å². The minimum Gasteiger partial charge on any atom is -0.289 e. The zero-order valence-corrected chi connectivity index (χ0v) is 11.7. The smallest absolute Gasteiger partial charge is 0.289 e. The monoisotopic (exact) mass is 320 g/mol. The van der Waals surface area contributed by atoms with Gasteiger partial charge in [-0.15, -0.1) is 0 Å². The maximum Gasteiger partial charge on any atom is 0.416 e. The fourth-order valence-electron chi connectivity index (χ4n) is 2.38. The normalized spacial score (nSPS) is 11.8. The second-order valence-corrected chi connectivity index (χ2v) is 5.06. The van der Waals surface area contributed by atoms with Crippen molar-refractivity contribution in [1.82, 2.24) is 9.55 Å². The average Bonchev–Trinajstić information content (AvgIpc) is 2.51. The summed E-state index contributed by atoms with van der Waals surface area (Å²) in [6.45, 7) is 0.0638. The topological polar surface area (TPSA) is 54.9 Å². The molecule has 0 aliphatic carbocycles. The van der Waals surface area contributed by atoms with Crippen LogP contribution in [0.2, 0.25) is 0 Å². The standard InChI is InChI=1S/C16H11F3N2O2/c17-16(18,19)11-7-5-10(6-8-11)9-21-13-4-2-1-3-12(13)14(22)20-15(21)23/h1-8H,9H2,(H,20,22,23). The number of hydrogen-bond donors (Lipinski definition) is 1. The van der Waals surface area contributed by atoms with Gasteiger partial charge in [0.25, 0.3) is 5.56 Å². The molecule has 23 heavy (non-hydrogen) atoms. The zero-order valence-electron chi connectivity index (χ0n) is 11.7. The van der Waals surface area contributed by atoms with Crippen LogP contribution >= 0.6 is 0 Å². The summed E-state index contributed by atoms with van der Waals surface area (Å²) in [7, 11) is 0. The lowest BCUT2D eigenvalue weighted by Gasteiger charge is -2.11. The first-order valence-corrected chi connectivity index (χ1v) is 6.74. The summed E-state index contributed by atoms with van der Waals surface area (Å²) in [4.78, 5) is 26.0.